The molecule has 0 radical (unpaired) electrons. The lowest BCUT2D eigenvalue weighted by atomic mass is 10.1. The Morgan fingerprint density at radius 2 is 1.92 bits per heavy atom. The highest BCUT2D eigenvalue weighted by Crippen LogP contribution is 2.33. The topological polar surface area (TPSA) is 49.4 Å². The Morgan fingerprint density at radius 3 is 2.64 bits per heavy atom. The minimum atomic E-state index is -0.882. The number of benzene rings is 2. The number of halogens is 4. The Balaban J connectivity index is 1.75. The van der Waals surface area contributed by atoms with Gasteiger partial charge in [-0.25, -0.2) is 8.78 Å². The summed E-state index contributed by atoms with van der Waals surface area (Å²) in [6.07, 6.45) is -0.0442. The summed E-state index contributed by atoms with van der Waals surface area (Å²) in [6.45, 7) is 0.0908. The van der Waals surface area contributed by atoms with Gasteiger partial charge in [0.05, 0.1) is 22.3 Å². The fraction of sp³-hybridized carbons (Fsp3) is 0.176. The number of nitrogens with zero attached hydrogens (tertiary/aromatic N) is 1. The van der Waals surface area contributed by atoms with Crippen molar-refractivity contribution < 1.29 is 18.4 Å². The van der Waals surface area contributed by atoms with Gasteiger partial charge in [-0.3, -0.25) is 9.59 Å². The number of anilines is 2. The van der Waals surface area contributed by atoms with E-state index < -0.39 is 23.5 Å². The number of carbonyl (C=O) groups excluding carboxylic acids is 2. The molecule has 3 rings (SSSR count). The second-order valence-electron chi connectivity index (χ2n) is 5.61. The number of carbonyl (C=O) groups is 2. The van der Waals surface area contributed by atoms with Crippen LogP contribution in [0, 0.1) is 17.6 Å². The van der Waals surface area contributed by atoms with Crippen molar-refractivity contribution in [1.29, 1.82) is 0 Å². The van der Waals surface area contributed by atoms with E-state index in [-0.39, 0.29) is 24.6 Å². The van der Waals surface area contributed by atoms with E-state index in [9.17, 15) is 18.4 Å². The van der Waals surface area contributed by atoms with Crippen LogP contribution in [0.3, 0.4) is 0 Å². The van der Waals surface area contributed by atoms with Gasteiger partial charge < -0.3 is 10.2 Å². The largest absolute Gasteiger partial charge is 0.323 e. The number of amides is 2. The molecule has 1 heterocycles. The highest BCUT2D eigenvalue weighted by molar-refractivity contribution is 6.36. The van der Waals surface area contributed by atoms with E-state index >= 15 is 0 Å². The van der Waals surface area contributed by atoms with Crippen LogP contribution in [0.2, 0.25) is 10.0 Å². The molecule has 4 nitrogen and oxygen atoms in total. The Bertz CT molecular complexity index is 861. The molecule has 8 heteroatoms. The van der Waals surface area contributed by atoms with Crippen molar-refractivity contribution in [3.8, 4) is 0 Å². The maximum atomic E-state index is 13.6. The summed E-state index contributed by atoms with van der Waals surface area (Å²) in [7, 11) is 0. The van der Waals surface area contributed by atoms with Crippen LogP contribution < -0.4 is 10.2 Å². The number of hydrogen-bond donors (Lipinski definition) is 1. The Morgan fingerprint density at radius 1 is 1.16 bits per heavy atom. The summed E-state index contributed by atoms with van der Waals surface area (Å²) in [5.41, 5.74) is 0.278. The van der Waals surface area contributed by atoms with Crippen LogP contribution in [0.15, 0.2) is 36.4 Å². The Labute approximate surface area is 152 Å². The predicted octanol–water partition coefficient (Wildman–Crippen LogP) is 4.26. The quantitative estimate of drug-likeness (QED) is 0.858. The van der Waals surface area contributed by atoms with Crippen LogP contribution in [-0.4, -0.2) is 18.4 Å². The van der Waals surface area contributed by atoms with Crippen molar-refractivity contribution in [1.82, 2.24) is 0 Å². The van der Waals surface area contributed by atoms with Gasteiger partial charge >= 0.3 is 0 Å². The van der Waals surface area contributed by atoms with Crippen LogP contribution in [0.5, 0.6) is 0 Å². The first-order valence-corrected chi connectivity index (χ1v) is 8.12. The molecule has 25 heavy (non-hydrogen) atoms. The van der Waals surface area contributed by atoms with Gasteiger partial charge in [0.15, 0.2) is 0 Å². The van der Waals surface area contributed by atoms with Crippen LogP contribution >= 0.6 is 23.2 Å². The Hall–Kier alpha value is -2.18. The lowest BCUT2D eigenvalue weighted by Crippen LogP contribution is -2.28. The van der Waals surface area contributed by atoms with Crippen molar-refractivity contribution >= 4 is 46.4 Å². The summed E-state index contributed by atoms with van der Waals surface area (Å²) >= 11 is 12.0. The highest BCUT2D eigenvalue weighted by Gasteiger charge is 2.36. The second-order valence-corrected chi connectivity index (χ2v) is 6.46. The molecule has 1 aliphatic heterocycles. The monoisotopic (exact) mass is 384 g/mol. The van der Waals surface area contributed by atoms with Crippen LogP contribution in [0.1, 0.15) is 6.42 Å². The van der Waals surface area contributed by atoms with Gasteiger partial charge in [-0.15, -0.1) is 0 Å². The van der Waals surface area contributed by atoms with E-state index in [0.29, 0.717) is 21.8 Å². The molecule has 1 fully saturated rings. The van der Waals surface area contributed by atoms with Crippen molar-refractivity contribution in [3.63, 3.8) is 0 Å². The van der Waals surface area contributed by atoms with E-state index in [4.69, 9.17) is 23.2 Å². The molecule has 130 valence electrons. The molecule has 1 aliphatic rings. The third-order valence-electron chi connectivity index (χ3n) is 3.88. The molecule has 0 aromatic heterocycles. The third kappa shape index (κ3) is 3.75. The van der Waals surface area contributed by atoms with Crippen molar-refractivity contribution in [2.45, 2.75) is 6.42 Å². The summed E-state index contributed by atoms with van der Waals surface area (Å²) in [6, 6.07) is 7.54. The maximum absolute atomic E-state index is 13.6. The minimum absolute atomic E-state index is 0.0442. The zero-order chi connectivity index (χ0) is 18.1. The average molecular weight is 385 g/mol. The van der Waals surface area contributed by atoms with E-state index in [2.05, 4.69) is 5.32 Å². The lowest BCUT2D eigenvalue weighted by molar-refractivity contribution is -0.122. The smallest absolute Gasteiger partial charge is 0.229 e. The normalized spacial score (nSPS) is 17.0. The standard InChI is InChI=1S/C17H12Cl2F2N2O2/c18-10-1-3-12(19)15(6-10)23-8-9(5-16(23)24)17(25)22-14-4-2-11(20)7-13(14)21/h1-4,6-7,9H,5,8H2,(H,22,25). The van der Waals surface area contributed by atoms with Gasteiger partial charge in [0, 0.05) is 24.1 Å². The zero-order valence-electron chi connectivity index (χ0n) is 12.7. The van der Waals surface area contributed by atoms with Crippen LogP contribution in [-0.2, 0) is 9.59 Å². The molecule has 0 spiro atoms. The molecule has 1 N–H and O–H groups in total. The molecule has 1 unspecified atom stereocenters. The second kappa shape index (κ2) is 6.98. The zero-order valence-corrected chi connectivity index (χ0v) is 14.2. The average Bonchev–Trinajstić information content (AvgIpc) is 2.94. The molecular formula is C17H12Cl2F2N2O2. The summed E-state index contributed by atoms with van der Waals surface area (Å²) in [5.74, 6) is -3.13. The number of nitrogens with one attached hydrogen (secondary N) is 1. The maximum Gasteiger partial charge on any atom is 0.229 e. The van der Waals surface area contributed by atoms with E-state index in [1.165, 1.54) is 4.90 Å². The molecule has 1 atom stereocenters. The van der Waals surface area contributed by atoms with Gasteiger partial charge in [-0.2, -0.15) is 0 Å². The highest BCUT2D eigenvalue weighted by atomic mass is 35.5. The fourth-order valence-corrected chi connectivity index (χ4v) is 3.02. The molecule has 2 aromatic rings. The van der Waals surface area contributed by atoms with Crippen molar-refractivity contribution in [3.05, 3.63) is 58.1 Å². The fourth-order valence-electron chi connectivity index (χ4n) is 2.63. The van der Waals surface area contributed by atoms with Gasteiger partial charge in [-0.1, -0.05) is 23.2 Å². The molecule has 0 saturated carbocycles. The van der Waals surface area contributed by atoms with E-state index in [0.717, 1.165) is 12.1 Å². The van der Waals surface area contributed by atoms with Gasteiger partial charge in [0.2, 0.25) is 11.8 Å². The van der Waals surface area contributed by atoms with Gasteiger partial charge in [0.1, 0.15) is 11.6 Å². The van der Waals surface area contributed by atoms with Crippen LogP contribution in [0.25, 0.3) is 0 Å². The predicted molar refractivity (Wildman–Crippen MR) is 91.9 cm³/mol. The van der Waals surface area contributed by atoms with E-state index in [1.807, 2.05) is 0 Å². The number of hydrogen-bond acceptors (Lipinski definition) is 2. The summed E-state index contributed by atoms with van der Waals surface area (Å²) in [5, 5.41) is 3.13. The molecular weight excluding hydrogens is 373 g/mol. The lowest BCUT2D eigenvalue weighted by Gasteiger charge is -2.18. The van der Waals surface area contributed by atoms with Gasteiger partial charge in [0.25, 0.3) is 0 Å². The SMILES string of the molecule is O=C(Nc1ccc(F)cc1F)C1CC(=O)N(c2cc(Cl)ccc2Cl)C1. The first-order valence-electron chi connectivity index (χ1n) is 7.36. The first kappa shape index (κ1) is 17.6. The molecule has 0 bridgehead atoms. The summed E-state index contributed by atoms with van der Waals surface area (Å²) in [4.78, 5) is 25.9. The molecule has 2 aromatic carbocycles. The molecule has 1 saturated heterocycles. The number of rotatable bonds is 3. The van der Waals surface area contributed by atoms with Crippen LogP contribution in [0.4, 0.5) is 20.2 Å². The Kier molecular flexibility index (Phi) is 4.92. The van der Waals surface area contributed by atoms with Gasteiger partial charge in [-0.05, 0) is 30.3 Å². The molecule has 0 aliphatic carbocycles. The minimum Gasteiger partial charge on any atom is -0.323 e. The first-order chi connectivity index (χ1) is 11.8. The van der Waals surface area contributed by atoms with Crippen molar-refractivity contribution in [2.24, 2.45) is 5.92 Å². The third-order valence-corrected chi connectivity index (χ3v) is 4.44. The van der Waals surface area contributed by atoms with E-state index in [1.54, 1.807) is 18.2 Å². The van der Waals surface area contributed by atoms with Crippen molar-refractivity contribution in [2.75, 3.05) is 16.8 Å². The summed E-state index contributed by atoms with van der Waals surface area (Å²) < 4.78 is 26.6. The molecule has 2 amide bonds.